The second-order valence-corrected chi connectivity index (χ2v) is 5.26. The van der Waals surface area contributed by atoms with Gasteiger partial charge in [0.05, 0.1) is 5.69 Å². The Kier molecular flexibility index (Phi) is 4.11. The number of amidine groups is 1. The van der Waals surface area contributed by atoms with E-state index in [0.717, 1.165) is 0 Å². The maximum Gasteiger partial charge on any atom is 0.282 e. The second-order valence-electron chi connectivity index (χ2n) is 5.26. The maximum atomic E-state index is 12.6. The summed E-state index contributed by atoms with van der Waals surface area (Å²) in [5.74, 6) is -0.586. The van der Waals surface area contributed by atoms with Crippen LogP contribution >= 0.6 is 0 Å². The molecule has 0 aliphatic rings. The van der Waals surface area contributed by atoms with Gasteiger partial charge in [-0.2, -0.15) is 4.99 Å². The quantitative estimate of drug-likeness (QED) is 0.571. The van der Waals surface area contributed by atoms with Gasteiger partial charge in [0.15, 0.2) is 0 Å². The molecule has 6 nitrogen and oxygen atoms in total. The van der Waals surface area contributed by atoms with E-state index in [4.69, 9.17) is 5.73 Å². The molecule has 0 spiro atoms. The number of carbonyl (C=O) groups is 1. The standard InChI is InChI=1S/C18H16N4O2/c1-12-15(16(19)20-17(23)13-8-4-2-5-9-13)18(24)22(21-12)14-10-6-3-7-11-14/h2-11,21H,1H3,(H2,19,20,23). The number of hydrogen-bond donors (Lipinski definition) is 2. The van der Waals surface area contributed by atoms with E-state index >= 15 is 0 Å². The molecule has 0 saturated heterocycles. The van der Waals surface area contributed by atoms with Crippen LogP contribution in [0.1, 0.15) is 21.6 Å². The summed E-state index contributed by atoms with van der Waals surface area (Å²) < 4.78 is 1.38. The molecule has 0 aliphatic carbocycles. The Morgan fingerprint density at radius 1 is 1.04 bits per heavy atom. The van der Waals surface area contributed by atoms with Gasteiger partial charge in [-0.25, -0.2) is 4.68 Å². The molecule has 0 fully saturated rings. The highest BCUT2D eigenvalue weighted by atomic mass is 16.1. The number of nitrogens with one attached hydrogen (secondary N) is 1. The van der Waals surface area contributed by atoms with Gasteiger partial charge in [0.1, 0.15) is 11.4 Å². The van der Waals surface area contributed by atoms with Crippen molar-refractivity contribution in [1.29, 1.82) is 0 Å². The number of H-pyrrole nitrogens is 1. The van der Waals surface area contributed by atoms with Gasteiger partial charge in [-0.15, -0.1) is 0 Å². The van der Waals surface area contributed by atoms with Gasteiger partial charge < -0.3 is 5.73 Å². The summed E-state index contributed by atoms with van der Waals surface area (Å²) in [5, 5.41) is 2.96. The van der Waals surface area contributed by atoms with Crippen LogP contribution in [0.4, 0.5) is 0 Å². The molecule has 6 heteroatoms. The molecule has 24 heavy (non-hydrogen) atoms. The first-order chi connectivity index (χ1) is 11.6. The van der Waals surface area contributed by atoms with E-state index in [1.165, 1.54) is 4.68 Å². The molecule has 3 rings (SSSR count). The van der Waals surface area contributed by atoms with Crippen LogP contribution in [0.2, 0.25) is 0 Å². The van der Waals surface area contributed by atoms with Crippen molar-refractivity contribution in [2.45, 2.75) is 6.92 Å². The van der Waals surface area contributed by atoms with E-state index in [1.54, 1.807) is 49.4 Å². The predicted molar refractivity (Wildman–Crippen MR) is 92.6 cm³/mol. The Hall–Kier alpha value is -3.41. The highest BCUT2D eigenvalue weighted by Gasteiger charge is 2.17. The third-order valence-electron chi connectivity index (χ3n) is 3.58. The molecule has 3 aromatic rings. The van der Waals surface area contributed by atoms with Crippen LogP contribution in [0, 0.1) is 6.92 Å². The van der Waals surface area contributed by atoms with E-state index in [1.807, 2.05) is 18.2 Å². The van der Waals surface area contributed by atoms with Gasteiger partial charge in [0, 0.05) is 11.3 Å². The molecular weight excluding hydrogens is 304 g/mol. The number of nitrogens with zero attached hydrogens (tertiary/aromatic N) is 2. The lowest BCUT2D eigenvalue weighted by molar-refractivity contribution is 0.100. The first-order valence-electron chi connectivity index (χ1n) is 7.39. The van der Waals surface area contributed by atoms with Gasteiger partial charge >= 0.3 is 0 Å². The molecule has 0 atom stereocenters. The van der Waals surface area contributed by atoms with E-state index in [9.17, 15) is 9.59 Å². The van der Waals surface area contributed by atoms with E-state index in [0.29, 0.717) is 16.9 Å². The third-order valence-corrected chi connectivity index (χ3v) is 3.58. The summed E-state index contributed by atoms with van der Waals surface area (Å²) in [4.78, 5) is 28.6. The highest BCUT2D eigenvalue weighted by Crippen LogP contribution is 2.08. The lowest BCUT2D eigenvalue weighted by Crippen LogP contribution is -2.26. The largest absolute Gasteiger partial charge is 0.383 e. The molecule has 0 aliphatic heterocycles. The third kappa shape index (κ3) is 2.89. The molecule has 0 radical (unpaired) electrons. The van der Waals surface area contributed by atoms with Crippen molar-refractivity contribution in [3.05, 3.63) is 87.8 Å². The Labute approximate surface area is 138 Å². The van der Waals surface area contributed by atoms with Crippen LogP contribution in [0.5, 0.6) is 0 Å². The van der Waals surface area contributed by atoms with Crippen LogP contribution in [0.15, 0.2) is 70.5 Å². The average molecular weight is 320 g/mol. The van der Waals surface area contributed by atoms with Gasteiger partial charge in [0.2, 0.25) is 0 Å². The van der Waals surface area contributed by atoms with Crippen LogP contribution < -0.4 is 11.3 Å². The van der Waals surface area contributed by atoms with Crippen LogP contribution in [0.25, 0.3) is 5.69 Å². The average Bonchev–Trinajstić information content (AvgIpc) is 2.91. The lowest BCUT2D eigenvalue weighted by Gasteiger charge is -1.99. The summed E-state index contributed by atoms with van der Waals surface area (Å²) in [7, 11) is 0. The Morgan fingerprint density at radius 3 is 2.25 bits per heavy atom. The second kappa shape index (κ2) is 6.37. The molecule has 0 saturated carbocycles. The number of aliphatic imine (C=N–C) groups is 1. The monoisotopic (exact) mass is 320 g/mol. The summed E-state index contributed by atoms with van der Waals surface area (Å²) in [6, 6.07) is 17.7. The van der Waals surface area contributed by atoms with Gasteiger partial charge in [0.25, 0.3) is 11.5 Å². The normalized spacial score (nSPS) is 11.5. The molecule has 1 heterocycles. The van der Waals surface area contributed by atoms with Crippen molar-refractivity contribution in [2.24, 2.45) is 10.7 Å². The minimum atomic E-state index is -0.487. The SMILES string of the molecule is Cc1[nH]n(-c2ccccc2)c(=O)c1C(N)=NC(=O)c1ccccc1. The van der Waals surface area contributed by atoms with Gasteiger partial charge in [-0.3, -0.25) is 14.7 Å². The minimum Gasteiger partial charge on any atom is -0.383 e. The van der Waals surface area contributed by atoms with Crippen LogP contribution in [0.3, 0.4) is 0 Å². The van der Waals surface area contributed by atoms with Crippen LogP contribution in [-0.2, 0) is 0 Å². The fraction of sp³-hybridized carbons (Fsp3) is 0.0556. The molecule has 1 amide bonds. The lowest BCUT2D eigenvalue weighted by atomic mass is 10.2. The Balaban J connectivity index is 2.01. The number of benzene rings is 2. The fourth-order valence-corrected chi connectivity index (χ4v) is 2.42. The zero-order valence-electron chi connectivity index (χ0n) is 13.1. The summed E-state index contributed by atoms with van der Waals surface area (Å²) in [6.07, 6.45) is 0. The first kappa shape index (κ1) is 15.5. The summed E-state index contributed by atoms with van der Waals surface area (Å²) in [6.45, 7) is 1.71. The molecule has 0 unspecified atom stereocenters. The number of carbonyl (C=O) groups excluding carboxylic acids is 1. The number of aromatic nitrogens is 2. The minimum absolute atomic E-state index is 0.0997. The van der Waals surface area contributed by atoms with Crippen molar-refractivity contribution >= 4 is 11.7 Å². The predicted octanol–water partition coefficient (Wildman–Crippen LogP) is 2.02. The van der Waals surface area contributed by atoms with E-state index in [-0.39, 0.29) is 17.0 Å². The number of aromatic amines is 1. The van der Waals surface area contributed by atoms with Crippen LogP contribution in [-0.4, -0.2) is 21.5 Å². The number of nitrogens with two attached hydrogens (primary N) is 1. The zero-order valence-corrected chi connectivity index (χ0v) is 13.1. The number of para-hydroxylation sites is 1. The number of amides is 1. The van der Waals surface area contributed by atoms with Crippen molar-refractivity contribution in [1.82, 2.24) is 9.78 Å². The number of hydrogen-bond acceptors (Lipinski definition) is 2. The smallest absolute Gasteiger partial charge is 0.282 e. The van der Waals surface area contributed by atoms with E-state index in [2.05, 4.69) is 10.1 Å². The maximum absolute atomic E-state index is 12.6. The molecule has 0 bridgehead atoms. The Morgan fingerprint density at radius 2 is 1.62 bits per heavy atom. The van der Waals surface area contributed by atoms with Crippen molar-refractivity contribution in [2.75, 3.05) is 0 Å². The number of rotatable bonds is 3. The zero-order chi connectivity index (χ0) is 17.1. The summed E-state index contributed by atoms with van der Waals surface area (Å²) in [5.41, 5.74) is 7.41. The van der Waals surface area contributed by atoms with Crippen molar-refractivity contribution < 1.29 is 4.79 Å². The highest BCUT2D eigenvalue weighted by molar-refractivity contribution is 6.09. The van der Waals surface area contributed by atoms with Crippen molar-refractivity contribution in [3.8, 4) is 5.69 Å². The molecule has 2 aromatic carbocycles. The first-order valence-corrected chi connectivity index (χ1v) is 7.39. The van der Waals surface area contributed by atoms with Gasteiger partial charge in [-0.1, -0.05) is 36.4 Å². The summed E-state index contributed by atoms with van der Waals surface area (Å²) >= 11 is 0. The molecular formula is C18H16N4O2. The molecule has 3 N–H and O–H groups in total. The van der Waals surface area contributed by atoms with Crippen molar-refractivity contribution in [3.63, 3.8) is 0 Å². The van der Waals surface area contributed by atoms with E-state index < -0.39 is 5.91 Å². The molecule has 120 valence electrons. The van der Waals surface area contributed by atoms with Gasteiger partial charge in [-0.05, 0) is 31.2 Å². The number of aryl methyl sites for hydroxylation is 1. The fourth-order valence-electron chi connectivity index (χ4n) is 2.42. The topological polar surface area (TPSA) is 93.2 Å². The molecule has 1 aromatic heterocycles. The Bertz CT molecular complexity index is 954.